The molecule has 3 rings (SSSR count). The fraction of sp³-hybridized carbons (Fsp3) is 0.176. The first-order chi connectivity index (χ1) is 9.19. The fourth-order valence-corrected chi connectivity index (χ4v) is 2.70. The average Bonchev–Trinajstić information content (AvgIpc) is 2.81. The Balaban J connectivity index is 2.04. The van der Waals surface area contributed by atoms with Crippen LogP contribution in [-0.4, -0.2) is 7.05 Å². The molecule has 0 fully saturated rings. The highest BCUT2D eigenvalue weighted by atomic mass is 19.1. The Labute approximate surface area is 112 Å². The molecular weight excluding hydrogens is 237 g/mol. The monoisotopic (exact) mass is 253 g/mol. The number of rotatable bonds is 2. The maximum atomic E-state index is 13.2. The van der Waals surface area contributed by atoms with E-state index >= 15 is 0 Å². The summed E-state index contributed by atoms with van der Waals surface area (Å²) in [4.78, 5) is 0. The van der Waals surface area contributed by atoms with E-state index in [1.54, 1.807) is 6.07 Å². The van der Waals surface area contributed by atoms with Gasteiger partial charge in [-0.25, -0.2) is 4.39 Å². The van der Waals surface area contributed by atoms with Crippen molar-refractivity contribution < 1.29 is 4.39 Å². The van der Waals surface area contributed by atoms with Crippen LogP contribution < -0.4 is 5.32 Å². The predicted octanol–water partition coefficient (Wildman–Crippen LogP) is 4.16. The van der Waals surface area contributed by atoms with Gasteiger partial charge in [-0.2, -0.15) is 0 Å². The summed E-state index contributed by atoms with van der Waals surface area (Å²) >= 11 is 0. The van der Waals surface area contributed by atoms with Crippen LogP contribution in [-0.2, 0) is 6.42 Å². The molecule has 0 heterocycles. The summed E-state index contributed by atoms with van der Waals surface area (Å²) < 4.78 is 13.2. The summed E-state index contributed by atoms with van der Waals surface area (Å²) in [5.74, 6) is -0.157. The van der Waals surface area contributed by atoms with Gasteiger partial charge in [0, 0.05) is 12.7 Å². The minimum Gasteiger partial charge on any atom is -0.388 e. The van der Waals surface area contributed by atoms with Crippen molar-refractivity contribution in [1.29, 1.82) is 0 Å². The van der Waals surface area contributed by atoms with Gasteiger partial charge in [-0.1, -0.05) is 18.2 Å². The molecule has 1 N–H and O–H groups in total. The van der Waals surface area contributed by atoms with Crippen LogP contribution in [0.2, 0.25) is 0 Å². The molecule has 96 valence electrons. The Morgan fingerprint density at radius 1 is 1.11 bits per heavy atom. The Bertz CT molecular complexity index is 671. The van der Waals surface area contributed by atoms with E-state index in [-0.39, 0.29) is 5.82 Å². The van der Waals surface area contributed by atoms with E-state index < -0.39 is 0 Å². The van der Waals surface area contributed by atoms with Crippen molar-refractivity contribution in [2.75, 3.05) is 12.4 Å². The number of aryl methyl sites for hydroxylation is 1. The highest BCUT2D eigenvalue weighted by Crippen LogP contribution is 2.34. The molecule has 2 aromatic rings. The highest BCUT2D eigenvalue weighted by Gasteiger charge is 2.16. The molecule has 0 unspecified atom stereocenters. The highest BCUT2D eigenvalue weighted by molar-refractivity contribution is 5.85. The van der Waals surface area contributed by atoms with Gasteiger partial charge < -0.3 is 5.32 Å². The van der Waals surface area contributed by atoms with Crippen molar-refractivity contribution in [2.45, 2.75) is 13.3 Å². The van der Waals surface area contributed by atoms with E-state index in [1.165, 1.54) is 22.8 Å². The van der Waals surface area contributed by atoms with Gasteiger partial charge in [-0.15, -0.1) is 0 Å². The van der Waals surface area contributed by atoms with Crippen molar-refractivity contribution in [2.24, 2.45) is 0 Å². The molecule has 0 atom stereocenters. The van der Waals surface area contributed by atoms with Crippen LogP contribution in [0.25, 0.3) is 5.57 Å². The molecule has 19 heavy (non-hydrogen) atoms. The van der Waals surface area contributed by atoms with E-state index in [2.05, 4.69) is 36.5 Å². The van der Waals surface area contributed by atoms with Gasteiger partial charge in [0.1, 0.15) is 5.82 Å². The van der Waals surface area contributed by atoms with Gasteiger partial charge in [0.2, 0.25) is 0 Å². The van der Waals surface area contributed by atoms with Crippen LogP contribution in [0.3, 0.4) is 0 Å². The van der Waals surface area contributed by atoms with E-state index in [9.17, 15) is 4.39 Å². The second-order valence-electron chi connectivity index (χ2n) is 4.90. The van der Waals surface area contributed by atoms with Crippen LogP contribution in [0.1, 0.15) is 22.3 Å². The molecule has 0 bridgehead atoms. The molecule has 0 radical (unpaired) electrons. The first-order valence-electron chi connectivity index (χ1n) is 6.47. The SMILES string of the molecule is CNc1ccc(C2=CCc3cc(F)ccc32)cc1C. The molecule has 0 saturated heterocycles. The minimum atomic E-state index is -0.157. The maximum absolute atomic E-state index is 13.2. The smallest absolute Gasteiger partial charge is 0.123 e. The Morgan fingerprint density at radius 2 is 1.95 bits per heavy atom. The molecule has 1 aliphatic rings. The lowest BCUT2D eigenvalue weighted by Crippen LogP contribution is -1.94. The van der Waals surface area contributed by atoms with E-state index in [1.807, 2.05) is 13.1 Å². The third kappa shape index (κ3) is 2.03. The number of benzene rings is 2. The topological polar surface area (TPSA) is 12.0 Å². The van der Waals surface area contributed by atoms with Gasteiger partial charge in [0.05, 0.1) is 0 Å². The number of hydrogen-bond donors (Lipinski definition) is 1. The molecule has 0 aliphatic heterocycles. The molecular formula is C17H16FN. The molecule has 1 aliphatic carbocycles. The Hall–Kier alpha value is -2.09. The molecule has 0 aromatic heterocycles. The largest absolute Gasteiger partial charge is 0.388 e. The quantitative estimate of drug-likeness (QED) is 0.847. The predicted molar refractivity (Wildman–Crippen MR) is 77.9 cm³/mol. The summed E-state index contributed by atoms with van der Waals surface area (Å²) in [5.41, 5.74) is 6.99. The van der Waals surface area contributed by atoms with Crippen LogP contribution in [0, 0.1) is 12.7 Å². The Kier molecular flexibility index (Phi) is 2.86. The molecule has 0 saturated carbocycles. The number of anilines is 1. The third-order valence-corrected chi connectivity index (χ3v) is 3.69. The summed E-state index contributed by atoms with van der Waals surface area (Å²) in [6.45, 7) is 2.09. The first kappa shape index (κ1) is 12.0. The second-order valence-corrected chi connectivity index (χ2v) is 4.90. The number of allylic oxidation sites excluding steroid dienone is 1. The van der Waals surface area contributed by atoms with Crippen LogP contribution in [0.5, 0.6) is 0 Å². The van der Waals surface area contributed by atoms with Crippen molar-refractivity contribution in [3.63, 3.8) is 0 Å². The summed E-state index contributed by atoms with van der Waals surface area (Å²) in [6.07, 6.45) is 2.99. The number of hydrogen-bond acceptors (Lipinski definition) is 1. The molecule has 0 spiro atoms. The molecule has 2 aromatic carbocycles. The second kappa shape index (κ2) is 4.54. The van der Waals surface area contributed by atoms with Crippen molar-refractivity contribution in [1.82, 2.24) is 0 Å². The summed E-state index contributed by atoms with van der Waals surface area (Å²) in [6, 6.07) is 11.4. The fourth-order valence-electron chi connectivity index (χ4n) is 2.70. The van der Waals surface area contributed by atoms with Crippen LogP contribution in [0.4, 0.5) is 10.1 Å². The van der Waals surface area contributed by atoms with Crippen molar-refractivity contribution >= 4 is 11.3 Å². The van der Waals surface area contributed by atoms with Crippen LogP contribution >= 0.6 is 0 Å². The lowest BCUT2D eigenvalue weighted by Gasteiger charge is -2.10. The first-order valence-corrected chi connectivity index (χ1v) is 6.47. The zero-order valence-corrected chi connectivity index (χ0v) is 11.1. The van der Waals surface area contributed by atoms with Gasteiger partial charge in [0.15, 0.2) is 0 Å². The van der Waals surface area contributed by atoms with E-state index in [4.69, 9.17) is 0 Å². The summed E-state index contributed by atoms with van der Waals surface area (Å²) in [5, 5.41) is 3.17. The third-order valence-electron chi connectivity index (χ3n) is 3.69. The zero-order valence-electron chi connectivity index (χ0n) is 11.1. The number of nitrogens with one attached hydrogen (secondary N) is 1. The number of halogens is 1. The van der Waals surface area contributed by atoms with Crippen LogP contribution in [0.15, 0.2) is 42.5 Å². The van der Waals surface area contributed by atoms with Crippen molar-refractivity contribution in [3.05, 3.63) is 70.5 Å². The standard InChI is InChI=1S/C17H16FN/c1-11-9-12(4-8-17(11)19-2)15-6-3-13-10-14(18)5-7-16(13)15/h4-10,19H,3H2,1-2H3. The summed E-state index contributed by atoms with van der Waals surface area (Å²) in [7, 11) is 1.93. The number of fused-ring (bicyclic) bond motifs is 1. The van der Waals surface area contributed by atoms with Gasteiger partial charge in [0.25, 0.3) is 0 Å². The van der Waals surface area contributed by atoms with Crippen molar-refractivity contribution in [3.8, 4) is 0 Å². The average molecular weight is 253 g/mol. The maximum Gasteiger partial charge on any atom is 0.123 e. The molecule has 1 nitrogen and oxygen atoms in total. The van der Waals surface area contributed by atoms with Gasteiger partial charge >= 0.3 is 0 Å². The minimum absolute atomic E-state index is 0.157. The van der Waals surface area contributed by atoms with Gasteiger partial charge in [-0.05, 0) is 65.4 Å². The lowest BCUT2D eigenvalue weighted by atomic mass is 9.97. The Morgan fingerprint density at radius 3 is 2.68 bits per heavy atom. The van der Waals surface area contributed by atoms with E-state index in [0.717, 1.165) is 23.2 Å². The van der Waals surface area contributed by atoms with Gasteiger partial charge in [-0.3, -0.25) is 0 Å². The van der Waals surface area contributed by atoms with E-state index in [0.29, 0.717) is 0 Å². The zero-order chi connectivity index (χ0) is 13.4. The molecule has 0 amide bonds. The molecule has 2 heteroatoms. The normalized spacial score (nSPS) is 13.1. The lowest BCUT2D eigenvalue weighted by molar-refractivity contribution is 0.626.